The van der Waals surface area contributed by atoms with Crippen LogP contribution in [0.1, 0.15) is 13.8 Å². The molecule has 0 atom stereocenters. The monoisotopic (exact) mass is 243 g/mol. The minimum atomic E-state index is -0.817. The van der Waals surface area contributed by atoms with Crippen molar-refractivity contribution in [1.82, 2.24) is 15.1 Å². The van der Waals surface area contributed by atoms with Gasteiger partial charge in [0.1, 0.15) is 0 Å². The molecular formula is C11H21N3O3. The molecular weight excluding hydrogens is 222 g/mol. The number of carboxylic acid groups (broad SMARTS) is 1. The Kier molecular flexibility index (Phi) is 5.21. The van der Waals surface area contributed by atoms with Crippen LogP contribution < -0.4 is 5.32 Å². The fourth-order valence-corrected chi connectivity index (χ4v) is 1.70. The quantitative estimate of drug-likeness (QED) is 0.732. The van der Waals surface area contributed by atoms with Gasteiger partial charge in [0.2, 0.25) is 0 Å². The third kappa shape index (κ3) is 5.04. The standard InChI is InChI=1S/C11H21N3O3/c1-9(2)7-12-11(17)14-5-3-13(4-6-14)8-10(15)16/h9H,3-8H2,1-2H3,(H,12,17)(H,15,16). The zero-order valence-corrected chi connectivity index (χ0v) is 10.5. The number of hydrogen-bond donors (Lipinski definition) is 2. The molecule has 1 fully saturated rings. The highest BCUT2D eigenvalue weighted by Crippen LogP contribution is 2.02. The molecule has 17 heavy (non-hydrogen) atoms. The lowest BCUT2D eigenvalue weighted by molar-refractivity contribution is -0.138. The Hall–Kier alpha value is -1.30. The summed E-state index contributed by atoms with van der Waals surface area (Å²) in [5, 5.41) is 11.5. The van der Waals surface area contributed by atoms with Crippen molar-refractivity contribution in [2.24, 2.45) is 5.92 Å². The number of nitrogens with zero attached hydrogens (tertiary/aromatic N) is 2. The molecule has 0 radical (unpaired) electrons. The number of piperazine rings is 1. The molecule has 6 nitrogen and oxygen atoms in total. The molecule has 0 aliphatic carbocycles. The maximum Gasteiger partial charge on any atom is 0.317 e. The summed E-state index contributed by atoms with van der Waals surface area (Å²) >= 11 is 0. The minimum absolute atomic E-state index is 0.0475. The molecule has 2 N–H and O–H groups in total. The number of urea groups is 1. The lowest BCUT2D eigenvalue weighted by atomic mass is 10.2. The van der Waals surface area contributed by atoms with E-state index in [4.69, 9.17) is 5.11 Å². The van der Waals surface area contributed by atoms with E-state index >= 15 is 0 Å². The Balaban J connectivity index is 2.26. The number of carbonyl (C=O) groups is 2. The van der Waals surface area contributed by atoms with Crippen LogP contribution in [0.15, 0.2) is 0 Å². The highest BCUT2D eigenvalue weighted by atomic mass is 16.4. The Morgan fingerprint density at radius 3 is 2.29 bits per heavy atom. The van der Waals surface area contributed by atoms with Crippen LogP contribution in [0, 0.1) is 5.92 Å². The first kappa shape index (κ1) is 13.8. The van der Waals surface area contributed by atoms with E-state index in [0.717, 1.165) is 0 Å². The topological polar surface area (TPSA) is 72.9 Å². The molecule has 98 valence electrons. The first-order valence-corrected chi connectivity index (χ1v) is 5.96. The van der Waals surface area contributed by atoms with E-state index < -0.39 is 5.97 Å². The van der Waals surface area contributed by atoms with Crippen LogP contribution in [0.3, 0.4) is 0 Å². The zero-order valence-electron chi connectivity index (χ0n) is 10.5. The van der Waals surface area contributed by atoms with Crippen LogP contribution in [0.5, 0.6) is 0 Å². The molecule has 0 aromatic rings. The van der Waals surface area contributed by atoms with Crippen LogP contribution in [0.25, 0.3) is 0 Å². The summed E-state index contributed by atoms with van der Waals surface area (Å²) in [5.41, 5.74) is 0. The Labute approximate surface area is 102 Å². The summed E-state index contributed by atoms with van der Waals surface area (Å²) in [6, 6.07) is -0.0475. The van der Waals surface area contributed by atoms with Gasteiger partial charge in [0.05, 0.1) is 6.54 Å². The predicted octanol–water partition coefficient (Wildman–Crippen LogP) is 0.0542. The first-order chi connectivity index (χ1) is 7.99. The van der Waals surface area contributed by atoms with Crippen molar-refractivity contribution in [3.8, 4) is 0 Å². The summed E-state index contributed by atoms with van der Waals surface area (Å²) in [6.07, 6.45) is 0. The van der Waals surface area contributed by atoms with Crippen molar-refractivity contribution in [2.75, 3.05) is 39.3 Å². The van der Waals surface area contributed by atoms with Crippen molar-refractivity contribution in [3.05, 3.63) is 0 Å². The van der Waals surface area contributed by atoms with E-state index in [2.05, 4.69) is 5.32 Å². The summed E-state index contributed by atoms with van der Waals surface area (Å²) in [7, 11) is 0. The fraction of sp³-hybridized carbons (Fsp3) is 0.818. The normalized spacial score (nSPS) is 17.2. The van der Waals surface area contributed by atoms with E-state index in [-0.39, 0.29) is 12.6 Å². The third-order valence-corrected chi connectivity index (χ3v) is 2.68. The van der Waals surface area contributed by atoms with Crippen LogP contribution in [-0.2, 0) is 4.79 Å². The van der Waals surface area contributed by atoms with Crippen molar-refractivity contribution in [2.45, 2.75) is 13.8 Å². The molecule has 1 rings (SSSR count). The van der Waals surface area contributed by atoms with Crippen molar-refractivity contribution >= 4 is 12.0 Å². The summed E-state index contributed by atoms with van der Waals surface area (Å²) in [6.45, 7) is 7.27. The van der Waals surface area contributed by atoms with Gasteiger partial charge in [0, 0.05) is 32.7 Å². The van der Waals surface area contributed by atoms with Gasteiger partial charge in [-0.25, -0.2) is 4.79 Å². The molecule has 0 saturated carbocycles. The Morgan fingerprint density at radius 2 is 1.82 bits per heavy atom. The first-order valence-electron chi connectivity index (χ1n) is 5.96. The molecule has 1 aliphatic heterocycles. The lowest BCUT2D eigenvalue weighted by Crippen LogP contribution is -2.52. The lowest BCUT2D eigenvalue weighted by Gasteiger charge is -2.33. The van der Waals surface area contributed by atoms with Gasteiger partial charge in [-0.05, 0) is 5.92 Å². The zero-order chi connectivity index (χ0) is 12.8. The number of amides is 2. The molecule has 0 aromatic heterocycles. The average Bonchev–Trinajstić information content (AvgIpc) is 2.26. The van der Waals surface area contributed by atoms with Crippen molar-refractivity contribution in [1.29, 1.82) is 0 Å². The number of rotatable bonds is 4. The average molecular weight is 243 g/mol. The second kappa shape index (κ2) is 6.44. The maximum atomic E-state index is 11.7. The van der Waals surface area contributed by atoms with Crippen LogP contribution in [0.4, 0.5) is 4.79 Å². The molecule has 1 heterocycles. The Bertz CT molecular complexity index is 273. The smallest absolute Gasteiger partial charge is 0.317 e. The van der Waals surface area contributed by atoms with E-state index in [9.17, 15) is 9.59 Å². The van der Waals surface area contributed by atoms with Crippen LogP contribution >= 0.6 is 0 Å². The fourth-order valence-electron chi connectivity index (χ4n) is 1.70. The Morgan fingerprint density at radius 1 is 1.24 bits per heavy atom. The van der Waals surface area contributed by atoms with Crippen molar-refractivity contribution in [3.63, 3.8) is 0 Å². The molecule has 0 bridgehead atoms. The number of nitrogens with one attached hydrogen (secondary N) is 1. The summed E-state index contributed by atoms with van der Waals surface area (Å²) in [5.74, 6) is -0.380. The van der Waals surface area contributed by atoms with Gasteiger partial charge < -0.3 is 15.3 Å². The number of hydrogen-bond acceptors (Lipinski definition) is 3. The van der Waals surface area contributed by atoms with E-state index in [0.29, 0.717) is 38.6 Å². The molecule has 0 spiro atoms. The third-order valence-electron chi connectivity index (χ3n) is 2.68. The molecule has 1 saturated heterocycles. The molecule has 0 aromatic carbocycles. The highest BCUT2D eigenvalue weighted by molar-refractivity contribution is 5.74. The van der Waals surface area contributed by atoms with Gasteiger partial charge >= 0.3 is 12.0 Å². The van der Waals surface area contributed by atoms with Gasteiger partial charge in [0.25, 0.3) is 0 Å². The van der Waals surface area contributed by atoms with Gasteiger partial charge in [-0.1, -0.05) is 13.8 Å². The van der Waals surface area contributed by atoms with E-state index in [1.54, 1.807) is 4.90 Å². The second-order valence-corrected chi connectivity index (χ2v) is 4.74. The maximum absolute atomic E-state index is 11.7. The number of carbonyl (C=O) groups excluding carboxylic acids is 1. The molecule has 0 unspecified atom stereocenters. The predicted molar refractivity (Wildman–Crippen MR) is 63.9 cm³/mol. The van der Waals surface area contributed by atoms with E-state index in [1.807, 2.05) is 18.7 Å². The van der Waals surface area contributed by atoms with E-state index in [1.165, 1.54) is 0 Å². The summed E-state index contributed by atoms with van der Waals surface area (Å²) < 4.78 is 0. The largest absolute Gasteiger partial charge is 0.480 e. The van der Waals surface area contributed by atoms with Crippen molar-refractivity contribution < 1.29 is 14.7 Å². The second-order valence-electron chi connectivity index (χ2n) is 4.74. The number of carboxylic acids is 1. The molecule has 6 heteroatoms. The van der Waals surface area contributed by atoms with Crippen LogP contribution in [0.2, 0.25) is 0 Å². The summed E-state index contributed by atoms with van der Waals surface area (Å²) in [4.78, 5) is 25.8. The van der Waals surface area contributed by atoms with Gasteiger partial charge in [-0.15, -0.1) is 0 Å². The molecule has 1 aliphatic rings. The SMILES string of the molecule is CC(C)CNC(=O)N1CCN(CC(=O)O)CC1. The van der Waals surface area contributed by atoms with Gasteiger partial charge in [-0.3, -0.25) is 9.69 Å². The van der Waals surface area contributed by atoms with Gasteiger partial charge in [-0.2, -0.15) is 0 Å². The molecule has 2 amide bonds. The van der Waals surface area contributed by atoms with Gasteiger partial charge in [0.15, 0.2) is 0 Å². The minimum Gasteiger partial charge on any atom is -0.480 e. The highest BCUT2D eigenvalue weighted by Gasteiger charge is 2.21. The number of aliphatic carboxylic acids is 1. The van der Waals surface area contributed by atoms with Crippen LogP contribution in [-0.4, -0.2) is 66.2 Å².